The topological polar surface area (TPSA) is 101 Å². The van der Waals surface area contributed by atoms with Crippen molar-refractivity contribution in [3.05, 3.63) is 37.6 Å². The molecule has 1 fully saturated rings. The number of nitrogens with one attached hydrogen (secondary N) is 1. The largest absolute Gasteiger partial charge is 0.356 e. The van der Waals surface area contributed by atoms with Gasteiger partial charge in [0.05, 0.1) is 18.3 Å². The van der Waals surface area contributed by atoms with E-state index in [2.05, 4.69) is 20.9 Å². The summed E-state index contributed by atoms with van der Waals surface area (Å²) in [5, 5.41) is 0. The van der Waals surface area contributed by atoms with Crippen LogP contribution in [0.1, 0.15) is 32.1 Å². The van der Waals surface area contributed by atoms with E-state index in [4.69, 9.17) is 23.7 Å². The fourth-order valence-electron chi connectivity index (χ4n) is 2.62. The molecule has 10 heteroatoms. The van der Waals surface area contributed by atoms with Gasteiger partial charge in [-0.2, -0.15) is 0 Å². The van der Waals surface area contributed by atoms with E-state index >= 15 is 0 Å². The lowest BCUT2D eigenvalue weighted by molar-refractivity contribution is -0.139. The van der Waals surface area contributed by atoms with Gasteiger partial charge in [-0.3, -0.25) is 14.3 Å². The van der Waals surface area contributed by atoms with Crippen molar-refractivity contribution in [2.45, 2.75) is 38.7 Å². The van der Waals surface area contributed by atoms with Crippen LogP contribution in [-0.2, 0) is 23.7 Å². The van der Waals surface area contributed by atoms with Gasteiger partial charge in [-0.15, -0.1) is 0 Å². The first-order chi connectivity index (χ1) is 13.1. The van der Waals surface area contributed by atoms with Crippen LogP contribution in [0.15, 0.2) is 20.8 Å². The molecular weight excluding hydrogens is 424 g/mol. The summed E-state index contributed by atoms with van der Waals surface area (Å²) < 4.78 is 28.9. The highest BCUT2D eigenvalue weighted by Crippen LogP contribution is 2.30. The van der Waals surface area contributed by atoms with Crippen molar-refractivity contribution in [1.29, 1.82) is 0 Å². The van der Waals surface area contributed by atoms with Crippen LogP contribution >= 0.6 is 15.9 Å². The highest BCUT2D eigenvalue weighted by atomic mass is 79.9. The molecule has 0 bridgehead atoms. The second-order valence-electron chi connectivity index (χ2n) is 5.71. The van der Waals surface area contributed by atoms with Gasteiger partial charge >= 0.3 is 5.69 Å². The fourth-order valence-corrected chi connectivity index (χ4v) is 2.91. The molecule has 1 saturated heterocycles. The number of hydrogen-bond donors (Lipinski definition) is 1. The summed E-state index contributed by atoms with van der Waals surface area (Å²) in [6.07, 6.45) is 2.12. The van der Waals surface area contributed by atoms with Crippen molar-refractivity contribution >= 4 is 22.0 Å². The van der Waals surface area contributed by atoms with Gasteiger partial charge in [0.2, 0.25) is 0 Å². The number of aromatic amines is 1. The van der Waals surface area contributed by atoms with Gasteiger partial charge in [-0.1, -0.05) is 15.9 Å². The molecule has 2 heterocycles. The Bertz CT molecular complexity index is 718. The monoisotopic (exact) mass is 448 g/mol. The number of ether oxygens (including phenoxy) is 5. The van der Waals surface area contributed by atoms with Gasteiger partial charge in [0.25, 0.3) is 5.56 Å². The molecule has 0 aromatic carbocycles. The zero-order valence-corrected chi connectivity index (χ0v) is 17.0. The first-order valence-corrected chi connectivity index (χ1v) is 9.64. The van der Waals surface area contributed by atoms with Crippen LogP contribution in [0.4, 0.5) is 0 Å². The molecule has 0 unspecified atom stereocenters. The number of nitrogens with zero attached hydrogens (tertiary/aromatic N) is 1. The predicted octanol–water partition coefficient (Wildman–Crippen LogP) is 1.58. The Morgan fingerprint density at radius 1 is 1.26 bits per heavy atom. The van der Waals surface area contributed by atoms with Gasteiger partial charge in [-0.05, 0) is 24.9 Å². The summed E-state index contributed by atoms with van der Waals surface area (Å²) in [5.74, 6) is 0. The Morgan fingerprint density at radius 3 is 2.70 bits per heavy atom. The summed E-state index contributed by atoms with van der Waals surface area (Å²) in [5.41, 5.74) is -0.681. The summed E-state index contributed by atoms with van der Waals surface area (Å²) in [7, 11) is 0. The third-order valence-electron chi connectivity index (χ3n) is 3.95. The van der Waals surface area contributed by atoms with Gasteiger partial charge in [0.15, 0.2) is 0 Å². The molecule has 1 aliphatic rings. The molecule has 1 aliphatic heterocycles. The minimum absolute atomic E-state index is 0.122. The molecule has 27 heavy (non-hydrogen) atoms. The van der Waals surface area contributed by atoms with E-state index in [0.717, 1.165) is 0 Å². The SMILES string of the molecule is CCOCOC[C@H]1O[C@@H](n2cc(/C=C/Br)c(=O)[nH]c2=O)C[C@@H]1OCOCC. The van der Waals surface area contributed by atoms with E-state index < -0.39 is 23.6 Å². The molecule has 1 N–H and O–H groups in total. The highest BCUT2D eigenvalue weighted by Gasteiger charge is 2.38. The van der Waals surface area contributed by atoms with Crippen LogP contribution in [-0.4, -0.2) is 55.2 Å². The third-order valence-corrected chi connectivity index (χ3v) is 4.22. The smallest absolute Gasteiger partial charge is 0.330 e. The first-order valence-electron chi connectivity index (χ1n) is 8.73. The van der Waals surface area contributed by atoms with E-state index in [0.29, 0.717) is 25.2 Å². The number of H-pyrrole nitrogens is 1. The molecule has 152 valence electrons. The Balaban J connectivity index is 2.14. The molecule has 0 saturated carbocycles. The highest BCUT2D eigenvalue weighted by molar-refractivity contribution is 9.11. The van der Waals surface area contributed by atoms with Crippen molar-refractivity contribution in [3.8, 4) is 0 Å². The number of halogens is 1. The van der Waals surface area contributed by atoms with E-state index in [-0.39, 0.29) is 26.3 Å². The molecule has 0 radical (unpaired) electrons. The zero-order valence-electron chi connectivity index (χ0n) is 15.4. The van der Waals surface area contributed by atoms with Crippen LogP contribution in [0.25, 0.3) is 6.08 Å². The van der Waals surface area contributed by atoms with Crippen LogP contribution in [0.5, 0.6) is 0 Å². The fraction of sp³-hybridized carbons (Fsp3) is 0.647. The van der Waals surface area contributed by atoms with Gasteiger partial charge < -0.3 is 23.7 Å². The van der Waals surface area contributed by atoms with E-state index in [9.17, 15) is 9.59 Å². The standard InChI is InChI=1S/C17H25BrN2O7/c1-3-23-10-25-9-14-13(26-11-24-4-2)7-15(27-14)20-8-12(5-6-18)16(21)19-17(20)22/h5-6,8,13-15H,3-4,7,9-11H2,1-2H3,(H,19,21,22)/b6-5+/t13-,14+,15+/m0/s1. The maximum atomic E-state index is 12.2. The Kier molecular flexibility index (Phi) is 9.39. The number of aromatic nitrogens is 2. The predicted molar refractivity (Wildman–Crippen MR) is 102 cm³/mol. The first kappa shape index (κ1) is 22.0. The Labute approximate surface area is 165 Å². The second-order valence-corrected chi connectivity index (χ2v) is 6.23. The number of rotatable bonds is 11. The van der Waals surface area contributed by atoms with Crippen molar-refractivity contribution in [1.82, 2.24) is 9.55 Å². The normalized spacial score (nSPS) is 22.7. The van der Waals surface area contributed by atoms with Gasteiger partial charge in [0, 0.05) is 25.8 Å². The lowest BCUT2D eigenvalue weighted by atomic mass is 10.2. The molecule has 2 rings (SSSR count). The van der Waals surface area contributed by atoms with Crippen LogP contribution in [0.3, 0.4) is 0 Å². The lowest BCUT2D eigenvalue weighted by Gasteiger charge is -2.18. The molecule has 0 spiro atoms. The van der Waals surface area contributed by atoms with E-state index in [1.165, 1.54) is 10.8 Å². The molecule has 3 atom stereocenters. The second kappa shape index (κ2) is 11.5. The molecule has 1 aromatic rings. The Hall–Kier alpha value is -1.30. The van der Waals surface area contributed by atoms with Crippen LogP contribution < -0.4 is 11.2 Å². The maximum Gasteiger partial charge on any atom is 0.330 e. The van der Waals surface area contributed by atoms with Crippen molar-refractivity contribution in [3.63, 3.8) is 0 Å². The molecule has 9 nitrogen and oxygen atoms in total. The number of hydrogen-bond acceptors (Lipinski definition) is 7. The Morgan fingerprint density at radius 2 is 2.00 bits per heavy atom. The lowest BCUT2D eigenvalue weighted by Crippen LogP contribution is -2.33. The summed E-state index contributed by atoms with van der Waals surface area (Å²) in [6, 6.07) is 0. The molecular formula is C17H25BrN2O7. The maximum absolute atomic E-state index is 12.2. The third kappa shape index (κ3) is 6.37. The van der Waals surface area contributed by atoms with E-state index in [1.807, 2.05) is 13.8 Å². The minimum atomic E-state index is -0.593. The van der Waals surface area contributed by atoms with E-state index in [1.54, 1.807) is 11.1 Å². The van der Waals surface area contributed by atoms with Crippen molar-refractivity contribution < 1.29 is 23.7 Å². The zero-order chi connectivity index (χ0) is 19.6. The molecule has 0 amide bonds. The quantitative estimate of drug-likeness (QED) is 0.404. The average molecular weight is 449 g/mol. The summed E-state index contributed by atoms with van der Waals surface area (Å²) in [4.78, 5) is 27.9. The minimum Gasteiger partial charge on any atom is -0.356 e. The average Bonchev–Trinajstić information content (AvgIpc) is 3.04. The van der Waals surface area contributed by atoms with Crippen molar-refractivity contribution in [2.75, 3.05) is 33.4 Å². The van der Waals surface area contributed by atoms with Crippen LogP contribution in [0, 0.1) is 0 Å². The van der Waals surface area contributed by atoms with Gasteiger partial charge in [-0.25, -0.2) is 4.79 Å². The summed E-state index contributed by atoms with van der Waals surface area (Å²) >= 11 is 3.13. The molecule has 0 aliphatic carbocycles. The van der Waals surface area contributed by atoms with Crippen molar-refractivity contribution in [2.24, 2.45) is 0 Å². The van der Waals surface area contributed by atoms with Crippen LogP contribution in [0.2, 0.25) is 0 Å². The molecule has 1 aromatic heterocycles. The summed E-state index contributed by atoms with van der Waals surface area (Å²) in [6.45, 7) is 5.36. The van der Waals surface area contributed by atoms with Gasteiger partial charge in [0.1, 0.15) is 25.9 Å².